The number of methoxy groups -OCH3 is 1. The van der Waals surface area contributed by atoms with Gasteiger partial charge in [0.15, 0.2) is 0 Å². The summed E-state index contributed by atoms with van der Waals surface area (Å²) in [6.07, 6.45) is 0.945. The molecule has 2 rings (SSSR count). The largest absolute Gasteiger partial charge is 0.380 e. The molecule has 0 spiro atoms. The van der Waals surface area contributed by atoms with Crippen LogP contribution >= 0.6 is 11.6 Å². The molecule has 0 aliphatic carbocycles. The number of amides is 2. The number of benzene rings is 1. The van der Waals surface area contributed by atoms with Gasteiger partial charge in [-0.1, -0.05) is 17.7 Å². The van der Waals surface area contributed by atoms with E-state index in [2.05, 4.69) is 5.32 Å². The molecule has 0 radical (unpaired) electrons. The number of hydrogen-bond donors (Lipinski definition) is 1. The lowest BCUT2D eigenvalue weighted by Gasteiger charge is -2.21. The lowest BCUT2D eigenvalue weighted by atomic mass is 10.1. The van der Waals surface area contributed by atoms with Crippen LogP contribution in [-0.4, -0.2) is 37.2 Å². The summed E-state index contributed by atoms with van der Waals surface area (Å²) >= 11 is 5.99. The Morgan fingerprint density at radius 2 is 2.35 bits per heavy atom. The van der Waals surface area contributed by atoms with E-state index < -0.39 is 0 Å². The fraction of sp³-hybridized carbons (Fsp3) is 0.500. The summed E-state index contributed by atoms with van der Waals surface area (Å²) in [5.41, 5.74) is 0.698. The number of urea groups is 1. The van der Waals surface area contributed by atoms with Crippen LogP contribution < -0.4 is 5.32 Å². The van der Waals surface area contributed by atoms with Crippen LogP contribution in [0.4, 0.5) is 9.18 Å². The normalized spacial score (nSPS) is 20.0. The maximum absolute atomic E-state index is 13.0. The van der Waals surface area contributed by atoms with Crippen molar-refractivity contribution < 1.29 is 13.9 Å². The van der Waals surface area contributed by atoms with E-state index in [1.165, 1.54) is 12.1 Å². The second-order valence-electron chi connectivity index (χ2n) is 4.93. The first-order valence-electron chi connectivity index (χ1n) is 6.54. The van der Waals surface area contributed by atoms with E-state index in [9.17, 15) is 9.18 Å². The molecule has 20 heavy (non-hydrogen) atoms. The monoisotopic (exact) mass is 300 g/mol. The molecule has 1 aromatic rings. The van der Waals surface area contributed by atoms with Crippen LogP contribution in [-0.2, 0) is 4.74 Å². The van der Waals surface area contributed by atoms with Gasteiger partial charge in [-0.25, -0.2) is 9.18 Å². The smallest absolute Gasteiger partial charge is 0.317 e. The van der Waals surface area contributed by atoms with Gasteiger partial charge in [-0.3, -0.25) is 0 Å². The SMILES string of the molecule is CO[C@H]1CCN(C(=O)N[C@@H](C)c2ccc(F)cc2Cl)C1. The number of hydrogen-bond acceptors (Lipinski definition) is 2. The van der Waals surface area contributed by atoms with E-state index >= 15 is 0 Å². The van der Waals surface area contributed by atoms with E-state index in [0.29, 0.717) is 23.7 Å². The van der Waals surface area contributed by atoms with Crippen LogP contribution in [0.25, 0.3) is 0 Å². The molecule has 1 saturated heterocycles. The molecule has 2 amide bonds. The molecule has 110 valence electrons. The third-order valence-corrected chi connectivity index (χ3v) is 3.86. The number of halogens is 2. The number of rotatable bonds is 3. The molecule has 6 heteroatoms. The van der Waals surface area contributed by atoms with Crippen molar-refractivity contribution >= 4 is 17.6 Å². The van der Waals surface area contributed by atoms with E-state index in [4.69, 9.17) is 16.3 Å². The molecular weight excluding hydrogens is 283 g/mol. The summed E-state index contributed by atoms with van der Waals surface area (Å²) in [4.78, 5) is 13.8. The predicted molar refractivity (Wildman–Crippen MR) is 75.3 cm³/mol. The predicted octanol–water partition coefficient (Wildman–Crippen LogP) is 2.97. The van der Waals surface area contributed by atoms with Crippen LogP contribution in [0.1, 0.15) is 24.9 Å². The molecule has 0 bridgehead atoms. The average Bonchev–Trinajstić information content (AvgIpc) is 2.87. The minimum atomic E-state index is -0.389. The number of carbonyl (C=O) groups is 1. The van der Waals surface area contributed by atoms with Crippen LogP contribution in [0.3, 0.4) is 0 Å². The van der Waals surface area contributed by atoms with Gasteiger partial charge in [0.05, 0.1) is 12.1 Å². The summed E-state index contributed by atoms with van der Waals surface area (Å²) in [6.45, 7) is 3.08. The van der Waals surface area contributed by atoms with E-state index in [1.54, 1.807) is 18.1 Å². The Kier molecular flexibility index (Phi) is 4.83. The van der Waals surface area contributed by atoms with Crippen molar-refractivity contribution in [1.82, 2.24) is 10.2 Å². The highest BCUT2D eigenvalue weighted by Gasteiger charge is 2.27. The molecule has 0 unspecified atom stereocenters. The zero-order valence-corrected chi connectivity index (χ0v) is 12.3. The lowest BCUT2D eigenvalue weighted by Crippen LogP contribution is -2.40. The number of nitrogens with one attached hydrogen (secondary N) is 1. The van der Waals surface area contributed by atoms with Crippen LogP contribution in [0.5, 0.6) is 0 Å². The lowest BCUT2D eigenvalue weighted by molar-refractivity contribution is 0.110. The van der Waals surface area contributed by atoms with Crippen molar-refractivity contribution in [3.8, 4) is 0 Å². The van der Waals surface area contributed by atoms with Gasteiger partial charge in [-0.05, 0) is 31.0 Å². The van der Waals surface area contributed by atoms with Gasteiger partial charge in [-0.15, -0.1) is 0 Å². The van der Waals surface area contributed by atoms with E-state index in [-0.39, 0.29) is 24.0 Å². The molecule has 1 aliphatic heterocycles. The van der Waals surface area contributed by atoms with Crippen molar-refractivity contribution in [3.05, 3.63) is 34.6 Å². The third-order valence-electron chi connectivity index (χ3n) is 3.53. The van der Waals surface area contributed by atoms with Crippen molar-refractivity contribution in [3.63, 3.8) is 0 Å². The van der Waals surface area contributed by atoms with Crippen molar-refractivity contribution in [2.24, 2.45) is 0 Å². The molecule has 1 aliphatic rings. The minimum absolute atomic E-state index is 0.102. The average molecular weight is 301 g/mol. The summed E-state index contributed by atoms with van der Waals surface area (Å²) in [7, 11) is 1.65. The number of ether oxygens (including phenoxy) is 1. The molecule has 1 N–H and O–H groups in total. The number of nitrogens with zero attached hydrogens (tertiary/aromatic N) is 1. The van der Waals surface area contributed by atoms with Crippen molar-refractivity contribution in [2.45, 2.75) is 25.5 Å². The van der Waals surface area contributed by atoms with Crippen LogP contribution in [0, 0.1) is 5.82 Å². The van der Waals surface area contributed by atoms with Gasteiger partial charge < -0.3 is 15.0 Å². The maximum Gasteiger partial charge on any atom is 0.317 e. The molecule has 1 fully saturated rings. The Labute approximate surface area is 122 Å². The molecule has 0 aromatic heterocycles. The fourth-order valence-corrected chi connectivity index (χ4v) is 2.64. The molecule has 0 saturated carbocycles. The number of likely N-dealkylation sites (tertiary alicyclic amines) is 1. The number of carbonyl (C=O) groups excluding carboxylic acids is 1. The Morgan fingerprint density at radius 3 is 2.95 bits per heavy atom. The minimum Gasteiger partial charge on any atom is -0.380 e. The quantitative estimate of drug-likeness (QED) is 0.932. The van der Waals surface area contributed by atoms with Crippen molar-refractivity contribution in [1.29, 1.82) is 0 Å². The second-order valence-corrected chi connectivity index (χ2v) is 5.34. The van der Waals surface area contributed by atoms with Crippen LogP contribution in [0.15, 0.2) is 18.2 Å². The molecule has 2 atom stereocenters. The first-order valence-corrected chi connectivity index (χ1v) is 6.92. The second kappa shape index (κ2) is 6.41. The van der Waals surface area contributed by atoms with Gasteiger partial charge in [0.2, 0.25) is 0 Å². The summed E-state index contributed by atoms with van der Waals surface area (Å²) in [6, 6.07) is 3.73. The molecule has 1 aromatic carbocycles. The van der Waals surface area contributed by atoms with E-state index in [0.717, 1.165) is 6.42 Å². The summed E-state index contributed by atoms with van der Waals surface area (Å²) in [5, 5.41) is 3.18. The Morgan fingerprint density at radius 1 is 1.60 bits per heavy atom. The van der Waals surface area contributed by atoms with Gasteiger partial charge >= 0.3 is 6.03 Å². The highest BCUT2D eigenvalue weighted by molar-refractivity contribution is 6.31. The zero-order chi connectivity index (χ0) is 14.7. The molecular formula is C14H18ClFN2O2. The fourth-order valence-electron chi connectivity index (χ4n) is 2.31. The first kappa shape index (κ1) is 15.1. The molecule has 1 heterocycles. The maximum atomic E-state index is 13.0. The van der Waals surface area contributed by atoms with Gasteiger partial charge in [0.1, 0.15) is 5.82 Å². The topological polar surface area (TPSA) is 41.6 Å². The zero-order valence-electron chi connectivity index (χ0n) is 11.5. The molecule has 4 nitrogen and oxygen atoms in total. The summed E-state index contributed by atoms with van der Waals surface area (Å²) in [5.74, 6) is -0.389. The third kappa shape index (κ3) is 3.41. The highest BCUT2D eigenvalue weighted by Crippen LogP contribution is 2.24. The Bertz CT molecular complexity index is 498. The summed E-state index contributed by atoms with van der Waals surface area (Å²) < 4.78 is 18.2. The standard InChI is InChI=1S/C14H18ClFN2O2/c1-9(12-4-3-10(16)7-13(12)15)17-14(19)18-6-5-11(8-18)20-2/h3-4,7,9,11H,5-6,8H2,1-2H3,(H,17,19)/t9-,11-/m0/s1. The van der Waals surface area contributed by atoms with Gasteiger partial charge in [0.25, 0.3) is 0 Å². The van der Waals surface area contributed by atoms with Gasteiger partial charge in [-0.2, -0.15) is 0 Å². The van der Waals surface area contributed by atoms with Crippen molar-refractivity contribution in [2.75, 3.05) is 20.2 Å². The Balaban J connectivity index is 1.97. The Hall–Kier alpha value is -1.33. The van der Waals surface area contributed by atoms with E-state index in [1.807, 2.05) is 6.92 Å². The highest BCUT2D eigenvalue weighted by atomic mass is 35.5. The van der Waals surface area contributed by atoms with Crippen LogP contribution in [0.2, 0.25) is 5.02 Å². The van der Waals surface area contributed by atoms with Gasteiger partial charge in [0, 0.05) is 25.2 Å². The first-order chi connectivity index (χ1) is 9.51.